The molecule has 7 nitrogen and oxygen atoms in total. The molecule has 3 rings (SSSR count). The Labute approximate surface area is 120 Å². The number of hydrogen-bond donors (Lipinski definition) is 2. The summed E-state index contributed by atoms with van der Waals surface area (Å²) in [7, 11) is 0. The van der Waals surface area contributed by atoms with Gasteiger partial charge >= 0.3 is 5.69 Å². The van der Waals surface area contributed by atoms with Crippen LogP contribution in [-0.4, -0.2) is 19.9 Å². The van der Waals surface area contributed by atoms with E-state index in [0.717, 1.165) is 16.6 Å². The lowest BCUT2D eigenvalue weighted by Gasteiger charge is -2.03. The fourth-order valence-electron chi connectivity index (χ4n) is 2.16. The summed E-state index contributed by atoms with van der Waals surface area (Å²) < 4.78 is 0. The smallest absolute Gasteiger partial charge is 0.311 e. The first kappa shape index (κ1) is 13.0. The lowest BCUT2D eigenvalue weighted by molar-refractivity contribution is -0.384. The van der Waals surface area contributed by atoms with Gasteiger partial charge in [-0.15, -0.1) is 0 Å². The van der Waals surface area contributed by atoms with Gasteiger partial charge in [0.25, 0.3) is 0 Å². The summed E-state index contributed by atoms with van der Waals surface area (Å²) in [5, 5.41) is 13.9. The van der Waals surface area contributed by atoms with Crippen molar-refractivity contribution in [2.75, 3.05) is 5.32 Å². The highest BCUT2D eigenvalue weighted by molar-refractivity contribution is 5.78. The number of aryl methyl sites for hydroxylation is 1. The van der Waals surface area contributed by atoms with Crippen LogP contribution in [0.4, 0.5) is 11.5 Å². The quantitative estimate of drug-likeness (QED) is 0.567. The Balaban J connectivity index is 1.84. The minimum absolute atomic E-state index is 0.0511. The third-order valence-electron chi connectivity index (χ3n) is 3.17. The van der Waals surface area contributed by atoms with Crippen LogP contribution in [0.1, 0.15) is 11.4 Å². The van der Waals surface area contributed by atoms with Gasteiger partial charge in [0.2, 0.25) is 5.82 Å². The van der Waals surface area contributed by atoms with E-state index in [9.17, 15) is 10.1 Å². The third-order valence-corrected chi connectivity index (χ3v) is 3.17. The van der Waals surface area contributed by atoms with E-state index < -0.39 is 4.92 Å². The van der Waals surface area contributed by atoms with Crippen molar-refractivity contribution in [2.24, 2.45) is 0 Å². The number of nitro groups is 1. The molecule has 0 unspecified atom stereocenters. The molecule has 106 valence electrons. The molecule has 0 aliphatic carbocycles. The second-order valence-corrected chi connectivity index (χ2v) is 4.64. The predicted molar refractivity (Wildman–Crippen MR) is 79.0 cm³/mol. The fourth-order valence-corrected chi connectivity index (χ4v) is 2.16. The number of pyridine rings is 1. The van der Waals surface area contributed by atoms with Crippen LogP contribution in [0.25, 0.3) is 11.0 Å². The van der Waals surface area contributed by atoms with Gasteiger partial charge in [-0.05, 0) is 24.6 Å². The standard InChI is InChI=1S/C14H13N5O2/c1-9-4-2-5-10-13(9)18-12(17-10)8-16-14-11(19(20)21)6-3-7-15-14/h2-7H,8H2,1H3,(H,15,16)(H,17,18). The Bertz CT molecular complexity index is 812. The molecular formula is C14H13N5O2. The average Bonchev–Trinajstić information content (AvgIpc) is 2.90. The molecule has 0 fully saturated rings. The monoisotopic (exact) mass is 283 g/mol. The van der Waals surface area contributed by atoms with Crippen LogP contribution in [0, 0.1) is 17.0 Å². The van der Waals surface area contributed by atoms with Crippen molar-refractivity contribution >= 4 is 22.5 Å². The normalized spacial score (nSPS) is 10.7. The summed E-state index contributed by atoms with van der Waals surface area (Å²) in [6.45, 7) is 2.33. The first-order chi connectivity index (χ1) is 10.1. The number of fused-ring (bicyclic) bond motifs is 1. The molecule has 0 bridgehead atoms. The van der Waals surface area contributed by atoms with Crippen LogP contribution in [-0.2, 0) is 6.54 Å². The van der Waals surface area contributed by atoms with Gasteiger partial charge in [-0.25, -0.2) is 9.97 Å². The molecule has 2 N–H and O–H groups in total. The molecule has 7 heteroatoms. The van der Waals surface area contributed by atoms with E-state index in [0.29, 0.717) is 12.4 Å². The van der Waals surface area contributed by atoms with E-state index in [1.54, 1.807) is 0 Å². The van der Waals surface area contributed by atoms with Crippen molar-refractivity contribution in [3.05, 3.63) is 58.0 Å². The van der Waals surface area contributed by atoms with Gasteiger partial charge in [0.05, 0.1) is 22.5 Å². The lowest BCUT2D eigenvalue weighted by Crippen LogP contribution is -2.05. The number of aromatic amines is 1. The van der Waals surface area contributed by atoms with Crippen LogP contribution in [0.2, 0.25) is 0 Å². The number of hydrogen-bond acceptors (Lipinski definition) is 5. The summed E-state index contributed by atoms with van der Waals surface area (Å²) in [6.07, 6.45) is 1.51. The molecule has 0 aliphatic rings. The summed E-state index contributed by atoms with van der Waals surface area (Å²) in [4.78, 5) is 22.1. The summed E-state index contributed by atoms with van der Waals surface area (Å²) >= 11 is 0. The molecule has 3 aromatic rings. The minimum Gasteiger partial charge on any atom is -0.357 e. The Morgan fingerprint density at radius 3 is 2.95 bits per heavy atom. The molecule has 1 aromatic carbocycles. The van der Waals surface area contributed by atoms with Gasteiger partial charge in [-0.2, -0.15) is 0 Å². The first-order valence-electron chi connectivity index (χ1n) is 6.42. The van der Waals surface area contributed by atoms with Gasteiger partial charge in [0.15, 0.2) is 0 Å². The second-order valence-electron chi connectivity index (χ2n) is 4.64. The van der Waals surface area contributed by atoms with Crippen LogP contribution in [0.15, 0.2) is 36.5 Å². The molecule has 0 atom stereocenters. The first-order valence-corrected chi connectivity index (χ1v) is 6.42. The molecule has 0 saturated heterocycles. The molecule has 2 aromatic heterocycles. The largest absolute Gasteiger partial charge is 0.357 e. The highest BCUT2D eigenvalue weighted by Crippen LogP contribution is 2.21. The van der Waals surface area contributed by atoms with Gasteiger partial charge in [-0.3, -0.25) is 10.1 Å². The highest BCUT2D eigenvalue weighted by Gasteiger charge is 2.14. The number of rotatable bonds is 4. The van der Waals surface area contributed by atoms with E-state index in [-0.39, 0.29) is 11.5 Å². The molecule has 2 heterocycles. The Morgan fingerprint density at radius 1 is 1.33 bits per heavy atom. The zero-order valence-electron chi connectivity index (χ0n) is 11.3. The molecule has 0 aliphatic heterocycles. The van der Waals surface area contributed by atoms with Gasteiger partial charge < -0.3 is 10.3 Å². The van der Waals surface area contributed by atoms with Gasteiger partial charge in [0, 0.05) is 12.3 Å². The zero-order chi connectivity index (χ0) is 14.8. The molecule has 0 amide bonds. The topological polar surface area (TPSA) is 96.7 Å². The number of anilines is 1. The van der Waals surface area contributed by atoms with Crippen molar-refractivity contribution < 1.29 is 4.92 Å². The molecule has 0 radical (unpaired) electrons. The Morgan fingerprint density at radius 2 is 2.19 bits per heavy atom. The Kier molecular flexibility index (Phi) is 3.23. The Hall–Kier alpha value is -2.96. The lowest BCUT2D eigenvalue weighted by atomic mass is 10.2. The predicted octanol–water partition coefficient (Wildman–Crippen LogP) is 2.79. The number of aromatic nitrogens is 3. The van der Waals surface area contributed by atoms with Crippen molar-refractivity contribution in [1.29, 1.82) is 0 Å². The molecule has 21 heavy (non-hydrogen) atoms. The fraction of sp³-hybridized carbons (Fsp3) is 0.143. The van der Waals surface area contributed by atoms with E-state index in [1.807, 2.05) is 25.1 Å². The van der Waals surface area contributed by atoms with Crippen LogP contribution < -0.4 is 5.32 Å². The summed E-state index contributed by atoms with van der Waals surface area (Å²) in [5.74, 6) is 0.943. The molecule has 0 saturated carbocycles. The van der Waals surface area contributed by atoms with Crippen LogP contribution in [0.5, 0.6) is 0 Å². The van der Waals surface area contributed by atoms with Crippen molar-refractivity contribution in [2.45, 2.75) is 13.5 Å². The summed E-state index contributed by atoms with van der Waals surface area (Å²) in [6, 6.07) is 8.84. The molecular weight excluding hydrogens is 270 g/mol. The number of imidazole rings is 1. The second kappa shape index (κ2) is 5.20. The summed E-state index contributed by atoms with van der Waals surface area (Å²) in [5.41, 5.74) is 2.88. The van der Waals surface area contributed by atoms with Crippen molar-refractivity contribution in [1.82, 2.24) is 15.0 Å². The van der Waals surface area contributed by atoms with E-state index in [1.165, 1.54) is 18.3 Å². The number of nitrogens with zero attached hydrogens (tertiary/aromatic N) is 3. The van der Waals surface area contributed by atoms with Crippen LogP contribution >= 0.6 is 0 Å². The number of nitrogens with one attached hydrogen (secondary N) is 2. The van der Waals surface area contributed by atoms with E-state index >= 15 is 0 Å². The molecule has 0 spiro atoms. The van der Waals surface area contributed by atoms with E-state index in [4.69, 9.17) is 0 Å². The number of para-hydroxylation sites is 1. The maximum atomic E-state index is 10.9. The van der Waals surface area contributed by atoms with Crippen LogP contribution in [0.3, 0.4) is 0 Å². The highest BCUT2D eigenvalue weighted by atomic mass is 16.6. The zero-order valence-corrected chi connectivity index (χ0v) is 11.3. The SMILES string of the molecule is Cc1cccc2[nH]c(CNc3ncccc3[N+](=O)[O-])nc12. The van der Waals surface area contributed by atoms with Gasteiger partial charge in [-0.1, -0.05) is 12.1 Å². The average molecular weight is 283 g/mol. The third kappa shape index (κ3) is 2.53. The van der Waals surface area contributed by atoms with Crippen molar-refractivity contribution in [3.8, 4) is 0 Å². The van der Waals surface area contributed by atoms with Crippen molar-refractivity contribution in [3.63, 3.8) is 0 Å². The maximum absolute atomic E-state index is 10.9. The van der Waals surface area contributed by atoms with Gasteiger partial charge in [0.1, 0.15) is 5.82 Å². The maximum Gasteiger partial charge on any atom is 0.311 e. The van der Waals surface area contributed by atoms with E-state index in [2.05, 4.69) is 20.3 Å². The number of H-pyrrole nitrogens is 1. The minimum atomic E-state index is -0.460. The number of benzene rings is 1.